The quantitative estimate of drug-likeness (QED) is 0.490. The van der Waals surface area contributed by atoms with Gasteiger partial charge in [0, 0.05) is 43.7 Å². The van der Waals surface area contributed by atoms with Gasteiger partial charge in [0.25, 0.3) is 0 Å². The van der Waals surface area contributed by atoms with E-state index in [0.29, 0.717) is 44.0 Å². The Kier molecular flexibility index (Phi) is 7.90. The summed E-state index contributed by atoms with van der Waals surface area (Å²) in [6.45, 7) is 3.04. The molecule has 1 amide bonds. The molecule has 0 unspecified atom stereocenters. The van der Waals surface area contributed by atoms with Crippen LogP contribution < -0.4 is 0 Å². The van der Waals surface area contributed by atoms with Crippen molar-refractivity contribution in [2.24, 2.45) is 0 Å². The number of ether oxygens (including phenoxy) is 1. The van der Waals surface area contributed by atoms with Crippen molar-refractivity contribution in [1.82, 2.24) is 24.8 Å². The van der Waals surface area contributed by atoms with Crippen LogP contribution in [0.15, 0.2) is 60.8 Å². The molecule has 2 aromatic carbocycles. The molecule has 10 heteroatoms. The molecule has 3 aromatic rings. The molecule has 7 nitrogen and oxygen atoms in total. The number of amides is 1. The molecule has 4 rings (SSSR count). The summed E-state index contributed by atoms with van der Waals surface area (Å²) < 4.78 is 21.6. The van der Waals surface area contributed by atoms with Crippen molar-refractivity contribution in [1.29, 1.82) is 0 Å². The van der Waals surface area contributed by atoms with Crippen molar-refractivity contribution in [2.75, 3.05) is 26.2 Å². The van der Waals surface area contributed by atoms with Crippen molar-refractivity contribution in [3.05, 3.63) is 83.4 Å². The average molecular weight is 486 g/mol. The third kappa shape index (κ3) is 6.52. The van der Waals surface area contributed by atoms with E-state index >= 15 is 0 Å². The zero-order valence-electron chi connectivity index (χ0n) is 18.0. The molecule has 0 radical (unpaired) electrons. The molecule has 0 atom stereocenters. The molecule has 0 spiro atoms. The van der Waals surface area contributed by atoms with E-state index in [4.69, 9.17) is 17.0 Å². The van der Waals surface area contributed by atoms with E-state index in [9.17, 15) is 9.18 Å². The summed E-state index contributed by atoms with van der Waals surface area (Å²) in [5, 5.41) is 8.25. The predicted molar refractivity (Wildman–Crippen MR) is 129 cm³/mol. The minimum absolute atomic E-state index is 0.256. The molecule has 0 bridgehead atoms. The number of benzene rings is 2. The van der Waals surface area contributed by atoms with Crippen LogP contribution in [0, 0.1) is 5.82 Å². The maximum Gasteiger partial charge on any atom is 0.410 e. The van der Waals surface area contributed by atoms with Gasteiger partial charge in [-0.3, -0.25) is 0 Å². The Hall–Kier alpha value is -2.98. The molecule has 1 aromatic heterocycles. The lowest BCUT2D eigenvalue weighted by Gasteiger charge is -2.35. The van der Waals surface area contributed by atoms with Crippen LogP contribution in [0.3, 0.4) is 0 Å². The molecular formula is C23H24FN5O2S2. The smallest absolute Gasteiger partial charge is 0.410 e. The van der Waals surface area contributed by atoms with Crippen LogP contribution in [0.25, 0.3) is 0 Å². The van der Waals surface area contributed by atoms with E-state index in [-0.39, 0.29) is 18.5 Å². The van der Waals surface area contributed by atoms with Gasteiger partial charge in [-0.2, -0.15) is 0 Å². The lowest BCUT2D eigenvalue weighted by molar-refractivity contribution is 0.0832. The zero-order chi connectivity index (χ0) is 23.0. The summed E-state index contributed by atoms with van der Waals surface area (Å²) in [7, 11) is 0. The molecular weight excluding hydrogens is 461 g/mol. The Morgan fingerprint density at radius 1 is 1.03 bits per heavy atom. The monoisotopic (exact) mass is 485 g/mol. The van der Waals surface area contributed by atoms with Gasteiger partial charge in [0.2, 0.25) is 0 Å². The van der Waals surface area contributed by atoms with Crippen LogP contribution in [-0.2, 0) is 23.6 Å². The topological polar surface area (TPSA) is 63.5 Å². The van der Waals surface area contributed by atoms with Gasteiger partial charge in [0.05, 0.1) is 12.2 Å². The zero-order valence-corrected chi connectivity index (χ0v) is 19.6. The molecule has 1 aliphatic rings. The summed E-state index contributed by atoms with van der Waals surface area (Å²) in [6, 6.07) is 16.3. The fourth-order valence-electron chi connectivity index (χ4n) is 3.39. The Balaban J connectivity index is 1.18. The van der Waals surface area contributed by atoms with E-state index in [2.05, 4.69) is 15.2 Å². The number of hydrogen-bond acceptors (Lipinski definition) is 6. The normalized spacial score (nSPS) is 13.7. The molecule has 33 heavy (non-hydrogen) atoms. The van der Waals surface area contributed by atoms with Gasteiger partial charge >= 0.3 is 6.09 Å². The molecule has 0 saturated carbocycles. The fourth-order valence-corrected chi connectivity index (χ4v) is 4.52. The van der Waals surface area contributed by atoms with Crippen LogP contribution in [0.2, 0.25) is 0 Å². The van der Waals surface area contributed by atoms with Gasteiger partial charge in [-0.05, 0) is 11.6 Å². The number of hydrogen-bond donors (Lipinski definition) is 0. The Morgan fingerprint density at radius 2 is 1.73 bits per heavy atom. The number of carbonyl (C=O) groups is 1. The maximum absolute atomic E-state index is 13.8. The number of rotatable bonds is 6. The third-order valence-corrected chi connectivity index (χ3v) is 6.78. The van der Waals surface area contributed by atoms with E-state index in [1.807, 2.05) is 36.5 Å². The molecule has 2 heterocycles. The summed E-state index contributed by atoms with van der Waals surface area (Å²) in [5.41, 5.74) is 2.31. The summed E-state index contributed by atoms with van der Waals surface area (Å²) >= 11 is 7.08. The fraction of sp³-hybridized carbons (Fsp3) is 0.304. The first-order chi connectivity index (χ1) is 16.1. The highest BCUT2D eigenvalue weighted by Crippen LogP contribution is 2.18. The summed E-state index contributed by atoms with van der Waals surface area (Å²) in [4.78, 5) is 16.1. The van der Waals surface area contributed by atoms with Crippen molar-refractivity contribution in [3.8, 4) is 0 Å². The number of aromatic nitrogens is 3. The van der Waals surface area contributed by atoms with Crippen LogP contribution >= 0.6 is 24.0 Å². The van der Waals surface area contributed by atoms with Gasteiger partial charge in [-0.15, -0.1) is 5.10 Å². The number of piperazine rings is 1. The first-order valence-electron chi connectivity index (χ1n) is 10.6. The van der Waals surface area contributed by atoms with Crippen molar-refractivity contribution in [3.63, 3.8) is 0 Å². The van der Waals surface area contributed by atoms with Crippen LogP contribution in [-0.4, -0.2) is 61.4 Å². The van der Waals surface area contributed by atoms with Gasteiger partial charge in [-0.25, -0.2) is 13.9 Å². The number of thiocarbonyl (C=S) groups is 1. The molecule has 1 saturated heterocycles. The predicted octanol–water partition coefficient (Wildman–Crippen LogP) is 3.94. The first-order valence-corrected chi connectivity index (χ1v) is 12.0. The first kappa shape index (κ1) is 23.2. The van der Waals surface area contributed by atoms with Gasteiger partial charge in [-0.1, -0.05) is 77.7 Å². The average Bonchev–Trinajstić information content (AvgIpc) is 3.30. The summed E-state index contributed by atoms with van der Waals surface area (Å²) in [5.74, 6) is 0.323. The Bertz CT molecular complexity index is 1090. The third-order valence-electron chi connectivity index (χ3n) is 5.22. The van der Waals surface area contributed by atoms with E-state index in [1.165, 1.54) is 17.8 Å². The molecule has 172 valence electrons. The second-order valence-corrected chi connectivity index (χ2v) is 9.18. The van der Waals surface area contributed by atoms with Crippen molar-refractivity contribution >= 4 is 34.4 Å². The number of halogens is 1. The van der Waals surface area contributed by atoms with Gasteiger partial charge in [0.15, 0.2) is 0 Å². The minimum Gasteiger partial charge on any atom is -0.445 e. The SMILES string of the molecule is O=C(OCc1ccccc1)N1CCN(C(=S)SCc2cn(Cc3ccccc3F)nn2)CC1. The highest BCUT2D eigenvalue weighted by atomic mass is 32.2. The molecule has 0 aliphatic carbocycles. The van der Waals surface area contributed by atoms with Crippen molar-refractivity contribution < 1.29 is 13.9 Å². The second-order valence-electron chi connectivity index (χ2n) is 7.57. The molecule has 1 aliphatic heterocycles. The number of carbonyl (C=O) groups excluding carboxylic acids is 1. The lowest BCUT2D eigenvalue weighted by Crippen LogP contribution is -2.49. The van der Waals surface area contributed by atoms with Crippen LogP contribution in [0.5, 0.6) is 0 Å². The summed E-state index contributed by atoms with van der Waals surface area (Å²) in [6.07, 6.45) is 1.51. The maximum atomic E-state index is 13.8. The van der Waals surface area contributed by atoms with E-state index in [0.717, 1.165) is 15.6 Å². The molecule has 1 fully saturated rings. The van der Waals surface area contributed by atoms with Gasteiger partial charge < -0.3 is 14.5 Å². The van der Waals surface area contributed by atoms with Crippen LogP contribution in [0.1, 0.15) is 16.8 Å². The van der Waals surface area contributed by atoms with Crippen molar-refractivity contribution in [2.45, 2.75) is 18.9 Å². The minimum atomic E-state index is -0.302. The largest absolute Gasteiger partial charge is 0.445 e. The number of thioether (sulfide) groups is 1. The lowest BCUT2D eigenvalue weighted by atomic mass is 10.2. The van der Waals surface area contributed by atoms with Gasteiger partial charge in [0.1, 0.15) is 16.7 Å². The standard InChI is InChI=1S/C23H24FN5O2S2/c24-21-9-5-4-8-19(21)14-29-15-20(25-26-29)17-33-23(32)28-12-10-27(11-13-28)22(30)31-16-18-6-2-1-3-7-18/h1-9,15H,10-14,16-17H2. The number of nitrogens with zero attached hydrogens (tertiary/aromatic N) is 5. The van der Waals surface area contributed by atoms with E-state index in [1.54, 1.807) is 27.8 Å². The van der Waals surface area contributed by atoms with Crippen LogP contribution in [0.4, 0.5) is 9.18 Å². The Morgan fingerprint density at radius 3 is 2.48 bits per heavy atom. The highest BCUT2D eigenvalue weighted by molar-refractivity contribution is 8.22. The highest BCUT2D eigenvalue weighted by Gasteiger charge is 2.24. The molecule has 0 N–H and O–H groups in total. The Labute approximate surface area is 201 Å². The van der Waals surface area contributed by atoms with E-state index < -0.39 is 0 Å². The second kappa shape index (κ2) is 11.2.